The van der Waals surface area contributed by atoms with Gasteiger partial charge in [0.1, 0.15) is 0 Å². The lowest BCUT2D eigenvalue weighted by molar-refractivity contribution is -0.145. The average Bonchev–Trinajstić information content (AvgIpc) is 2.42. The molecule has 21 heavy (non-hydrogen) atoms. The Labute approximate surface area is 128 Å². The summed E-state index contributed by atoms with van der Waals surface area (Å²) in [6.45, 7) is 4.98. The first-order valence-electron chi connectivity index (χ1n) is 8.09. The highest BCUT2D eigenvalue weighted by Crippen LogP contribution is 2.36. The maximum absolute atomic E-state index is 12.4. The molecule has 0 spiro atoms. The molecule has 0 aliphatic heterocycles. The van der Waals surface area contributed by atoms with Gasteiger partial charge in [0, 0.05) is 19.5 Å². The van der Waals surface area contributed by atoms with Crippen LogP contribution in [0, 0.1) is 0 Å². The maximum atomic E-state index is 12.4. The molecule has 0 aromatic carbocycles. The van der Waals surface area contributed by atoms with Crippen LogP contribution in [0.5, 0.6) is 0 Å². The number of aliphatic carboxylic acids is 1. The third-order valence-corrected chi connectivity index (χ3v) is 4.47. The van der Waals surface area contributed by atoms with Crippen molar-refractivity contribution in [1.29, 1.82) is 0 Å². The third-order valence-electron chi connectivity index (χ3n) is 4.47. The lowest BCUT2D eigenvalue weighted by Gasteiger charge is -2.44. The van der Waals surface area contributed by atoms with Crippen molar-refractivity contribution in [3.8, 4) is 0 Å². The van der Waals surface area contributed by atoms with Crippen molar-refractivity contribution in [2.24, 2.45) is 0 Å². The number of carboxylic acid groups (broad SMARTS) is 1. The predicted molar refractivity (Wildman–Crippen MR) is 83.2 cm³/mol. The van der Waals surface area contributed by atoms with Gasteiger partial charge in [0.05, 0.1) is 12.0 Å². The van der Waals surface area contributed by atoms with Crippen LogP contribution in [0.15, 0.2) is 0 Å². The maximum Gasteiger partial charge on any atom is 0.305 e. The summed E-state index contributed by atoms with van der Waals surface area (Å²) in [6, 6.07) is 0.425. The second-order valence-electron chi connectivity index (χ2n) is 6.52. The minimum atomic E-state index is -0.807. The molecule has 1 fully saturated rings. The van der Waals surface area contributed by atoms with Crippen molar-refractivity contribution < 1.29 is 14.7 Å². The van der Waals surface area contributed by atoms with Crippen LogP contribution in [0.1, 0.15) is 65.2 Å². The number of nitrogens with zero attached hydrogens (tertiary/aromatic N) is 1. The Morgan fingerprint density at radius 1 is 1.24 bits per heavy atom. The fourth-order valence-electron chi connectivity index (χ4n) is 3.18. The molecular formula is C16H30N2O3. The van der Waals surface area contributed by atoms with E-state index in [4.69, 9.17) is 0 Å². The van der Waals surface area contributed by atoms with Crippen molar-refractivity contribution in [2.45, 2.75) is 76.8 Å². The molecule has 0 unspecified atom stereocenters. The Balaban J connectivity index is 2.56. The Bertz CT molecular complexity index is 349. The number of carboxylic acids is 1. The second kappa shape index (κ2) is 8.37. The molecule has 5 nitrogen and oxygen atoms in total. The third kappa shape index (κ3) is 5.65. The van der Waals surface area contributed by atoms with Crippen molar-refractivity contribution in [3.05, 3.63) is 0 Å². The molecule has 1 rings (SSSR count). The van der Waals surface area contributed by atoms with Crippen molar-refractivity contribution >= 4 is 11.9 Å². The molecule has 0 heterocycles. The van der Waals surface area contributed by atoms with E-state index in [1.807, 2.05) is 0 Å². The van der Waals surface area contributed by atoms with Gasteiger partial charge in [-0.2, -0.15) is 0 Å². The van der Waals surface area contributed by atoms with Crippen LogP contribution in [-0.4, -0.2) is 47.1 Å². The van der Waals surface area contributed by atoms with Gasteiger partial charge in [-0.1, -0.05) is 33.1 Å². The van der Waals surface area contributed by atoms with E-state index in [9.17, 15) is 14.7 Å². The monoisotopic (exact) mass is 298 g/mol. The minimum absolute atomic E-state index is 0.0689. The Hall–Kier alpha value is -1.10. The minimum Gasteiger partial charge on any atom is -0.481 e. The fraction of sp³-hybridized carbons (Fsp3) is 0.875. The molecule has 1 aliphatic carbocycles. The SMILES string of the molecule is CC(C)NCCCC(=O)N(C)C1(CC(=O)O)CCCCC1. The molecule has 1 aliphatic rings. The van der Waals surface area contributed by atoms with E-state index in [0.717, 1.165) is 45.1 Å². The molecule has 1 amide bonds. The summed E-state index contributed by atoms with van der Waals surface area (Å²) in [4.78, 5) is 25.3. The second-order valence-corrected chi connectivity index (χ2v) is 6.52. The molecule has 122 valence electrons. The predicted octanol–water partition coefficient (Wildman–Crippen LogP) is 2.40. The summed E-state index contributed by atoms with van der Waals surface area (Å²) >= 11 is 0. The zero-order valence-corrected chi connectivity index (χ0v) is 13.7. The van der Waals surface area contributed by atoms with Gasteiger partial charge in [0.25, 0.3) is 0 Å². The molecule has 0 radical (unpaired) electrons. The van der Waals surface area contributed by atoms with Gasteiger partial charge < -0.3 is 15.3 Å². The summed E-state index contributed by atoms with van der Waals surface area (Å²) in [5, 5.41) is 12.5. The van der Waals surface area contributed by atoms with Gasteiger partial charge >= 0.3 is 5.97 Å². The average molecular weight is 298 g/mol. The number of carbonyl (C=O) groups is 2. The first-order valence-corrected chi connectivity index (χ1v) is 8.09. The first kappa shape index (κ1) is 18.0. The normalized spacial score (nSPS) is 17.7. The fourth-order valence-corrected chi connectivity index (χ4v) is 3.18. The topological polar surface area (TPSA) is 69.6 Å². The zero-order chi connectivity index (χ0) is 15.9. The van der Waals surface area contributed by atoms with E-state index in [1.165, 1.54) is 0 Å². The number of hydrogen-bond donors (Lipinski definition) is 2. The summed E-state index contributed by atoms with van der Waals surface area (Å²) < 4.78 is 0. The van der Waals surface area contributed by atoms with Crippen molar-refractivity contribution in [2.75, 3.05) is 13.6 Å². The Kier molecular flexibility index (Phi) is 7.15. The molecule has 0 bridgehead atoms. The first-order chi connectivity index (χ1) is 9.87. The summed E-state index contributed by atoms with van der Waals surface area (Å²) in [5.74, 6) is -0.735. The van der Waals surface area contributed by atoms with E-state index in [1.54, 1.807) is 11.9 Å². The van der Waals surface area contributed by atoms with Gasteiger partial charge in [0.2, 0.25) is 5.91 Å². The summed E-state index contributed by atoms with van der Waals surface area (Å²) in [5.41, 5.74) is -0.466. The van der Waals surface area contributed by atoms with Crippen LogP contribution in [0.2, 0.25) is 0 Å². The van der Waals surface area contributed by atoms with Crippen molar-refractivity contribution in [1.82, 2.24) is 10.2 Å². The van der Waals surface area contributed by atoms with Gasteiger partial charge in [-0.15, -0.1) is 0 Å². The molecular weight excluding hydrogens is 268 g/mol. The molecule has 1 saturated carbocycles. The van der Waals surface area contributed by atoms with E-state index in [-0.39, 0.29) is 12.3 Å². The Morgan fingerprint density at radius 2 is 1.86 bits per heavy atom. The number of nitrogens with one attached hydrogen (secondary N) is 1. The number of amides is 1. The molecule has 5 heteroatoms. The van der Waals surface area contributed by atoms with E-state index < -0.39 is 11.5 Å². The summed E-state index contributed by atoms with van der Waals surface area (Å²) in [7, 11) is 1.78. The Morgan fingerprint density at radius 3 is 2.38 bits per heavy atom. The van der Waals surface area contributed by atoms with Crippen LogP contribution in [0.25, 0.3) is 0 Å². The zero-order valence-electron chi connectivity index (χ0n) is 13.7. The van der Waals surface area contributed by atoms with Crippen LogP contribution in [0.3, 0.4) is 0 Å². The van der Waals surface area contributed by atoms with Gasteiger partial charge in [-0.25, -0.2) is 0 Å². The lowest BCUT2D eigenvalue weighted by atomic mass is 9.78. The van der Waals surface area contributed by atoms with Gasteiger partial charge in [0.15, 0.2) is 0 Å². The number of rotatable bonds is 8. The van der Waals surface area contributed by atoms with E-state index in [2.05, 4.69) is 19.2 Å². The summed E-state index contributed by atoms with van der Waals surface area (Å²) in [6.07, 6.45) is 6.14. The largest absolute Gasteiger partial charge is 0.481 e. The van der Waals surface area contributed by atoms with Crippen LogP contribution >= 0.6 is 0 Å². The standard InChI is InChI=1S/C16H30N2O3/c1-13(2)17-11-7-8-14(19)18(3)16(12-15(20)21)9-5-4-6-10-16/h13,17H,4-12H2,1-3H3,(H,20,21). The van der Waals surface area contributed by atoms with Crippen LogP contribution < -0.4 is 5.32 Å². The highest BCUT2D eigenvalue weighted by molar-refractivity contribution is 5.78. The quantitative estimate of drug-likeness (QED) is 0.675. The number of hydrogen-bond acceptors (Lipinski definition) is 3. The highest BCUT2D eigenvalue weighted by atomic mass is 16.4. The van der Waals surface area contributed by atoms with E-state index in [0.29, 0.717) is 12.5 Å². The van der Waals surface area contributed by atoms with Crippen LogP contribution in [0.4, 0.5) is 0 Å². The molecule has 0 saturated heterocycles. The van der Waals surface area contributed by atoms with Crippen LogP contribution in [-0.2, 0) is 9.59 Å². The van der Waals surface area contributed by atoms with Crippen molar-refractivity contribution in [3.63, 3.8) is 0 Å². The molecule has 0 aromatic heterocycles. The molecule has 0 atom stereocenters. The van der Waals surface area contributed by atoms with E-state index >= 15 is 0 Å². The van der Waals surface area contributed by atoms with Gasteiger partial charge in [-0.05, 0) is 25.8 Å². The number of carbonyl (C=O) groups excluding carboxylic acids is 1. The highest BCUT2D eigenvalue weighted by Gasteiger charge is 2.40. The molecule has 2 N–H and O–H groups in total. The smallest absolute Gasteiger partial charge is 0.305 e. The molecule has 0 aromatic rings. The lowest BCUT2D eigenvalue weighted by Crippen LogP contribution is -2.52. The van der Waals surface area contributed by atoms with Gasteiger partial charge in [-0.3, -0.25) is 9.59 Å².